The third-order valence-electron chi connectivity index (χ3n) is 1.35. The lowest BCUT2D eigenvalue weighted by Gasteiger charge is -2.06. The number of rotatable bonds is 8. The Morgan fingerprint density at radius 3 is 2.36 bits per heavy atom. The van der Waals surface area contributed by atoms with Gasteiger partial charge in [-0.3, -0.25) is 9.59 Å². The molecule has 1 atom stereocenters. The number of ether oxygens (including phenoxy) is 1. The summed E-state index contributed by atoms with van der Waals surface area (Å²) < 4.78 is 4.70. The predicted molar refractivity (Wildman–Crippen MR) is 45.6 cm³/mol. The van der Waals surface area contributed by atoms with Crippen molar-refractivity contribution in [3.05, 3.63) is 0 Å². The van der Waals surface area contributed by atoms with Crippen LogP contribution in [-0.2, 0) is 14.3 Å². The molecule has 0 aliphatic heterocycles. The largest absolute Gasteiger partial charge is 0.394 e. The second-order valence-electron chi connectivity index (χ2n) is 2.76. The minimum absolute atomic E-state index is 0.157. The molecule has 0 rings (SSSR count). The normalized spacial score (nSPS) is 12.5. The fourth-order valence-corrected chi connectivity index (χ4v) is 0.688. The highest BCUT2D eigenvalue weighted by Crippen LogP contribution is 1.89. The molecule has 0 aromatic heterocycles. The lowest BCUT2D eigenvalue weighted by Crippen LogP contribution is -2.23. The van der Waals surface area contributed by atoms with Gasteiger partial charge in [-0.1, -0.05) is 0 Å². The monoisotopic (exact) mass is 206 g/mol. The summed E-state index contributed by atoms with van der Waals surface area (Å²) in [5.41, 5.74) is 0. The van der Waals surface area contributed by atoms with E-state index >= 15 is 0 Å². The highest BCUT2D eigenvalue weighted by atomic mass is 16.5. The first-order valence-electron chi connectivity index (χ1n) is 4.11. The molecule has 0 heterocycles. The van der Waals surface area contributed by atoms with Crippen molar-refractivity contribution in [2.75, 3.05) is 26.4 Å². The molecule has 0 fully saturated rings. The van der Waals surface area contributed by atoms with Gasteiger partial charge in [0, 0.05) is 0 Å². The summed E-state index contributed by atoms with van der Waals surface area (Å²) in [4.78, 5) is 21.4. The number of aliphatic hydroxyl groups excluding tert-OH is 3. The third-order valence-corrected chi connectivity index (χ3v) is 1.35. The Kier molecular flexibility index (Phi) is 7.13. The van der Waals surface area contributed by atoms with E-state index in [1.165, 1.54) is 0 Å². The van der Waals surface area contributed by atoms with E-state index in [1.54, 1.807) is 0 Å². The highest BCUT2D eigenvalue weighted by Gasteiger charge is 2.09. The number of hydrogen-bond acceptors (Lipinski definition) is 6. The number of carbonyl (C=O) groups is 2. The fraction of sp³-hybridized carbons (Fsp3) is 0.750. The van der Waals surface area contributed by atoms with Gasteiger partial charge >= 0.3 is 0 Å². The maximum atomic E-state index is 10.9. The molecule has 0 saturated heterocycles. The van der Waals surface area contributed by atoms with Crippen LogP contribution >= 0.6 is 0 Å². The van der Waals surface area contributed by atoms with Crippen molar-refractivity contribution in [2.45, 2.75) is 12.5 Å². The van der Waals surface area contributed by atoms with Crippen LogP contribution in [0.25, 0.3) is 0 Å². The molecule has 82 valence electrons. The highest BCUT2D eigenvalue weighted by molar-refractivity contribution is 6.00. The third kappa shape index (κ3) is 6.67. The zero-order chi connectivity index (χ0) is 11.0. The Balaban J connectivity index is 3.49. The van der Waals surface area contributed by atoms with Gasteiger partial charge in [-0.2, -0.15) is 0 Å². The van der Waals surface area contributed by atoms with E-state index in [0.29, 0.717) is 0 Å². The molecule has 0 amide bonds. The SMILES string of the molecule is O=C(CO)CC(=O)COCC(O)CO. The van der Waals surface area contributed by atoms with Crippen LogP contribution in [0.2, 0.25) is 0 Å². The van der Waals surface area contributed by atoms with Crippen molar-refractivity contribution in [3.8, 4) is 0 Å². The molecule has 0 bridgehead atoms. The van der Waals surface area contributed by atoms with Crippen molar-refractivity contribution < 1.29 is 29.6 Å². The minimum atomic E-state index is -1.02. The number of carbonyl (C=O) groups excluding carboxylic acids is 2. The molecule has 1 unspecified atom stereocenters. The second kappa shape index (κ2) is 7.57. The maximum absolute atomic E-state index is 10.9. The minimum Gasteiger partial charge on any atom is -0.394 e. The number of aliphatic hydroxyl groups is 3. The van der Waals surface area contributed by atoms with Crippen molar-refractivity contribution >= 4 is 11.6 Å². The van der Waals surface area contributed by atoms with Crippen LogP contribution in [0.4, 0.5) is 0 Å². The summed E-state index contributed by atoms with van der Waals surface area (Å²) in [5.74, 6) is -1.03. The van der Waals surface area contributed by atoms with E-state index in [4.69, 9.17) is 20.1 Å². The van der Waals surface area contributed by atoms with Gasteiger partial charge in [0.15, 0.2) is 11.6 Å². The first kappa shape index (κ1) is 13.2. The average molecular weight is 206 g/mol. The molecule has 0 aliphatic carbocycles. The van der Waals surface area contributed by atoms with Crippen LogP contribution in [-0.4, -0.2) is 59.4 Å². The van der Waals surface area contributed by atoms with Crippen LogP contribution < -0.4 is 0 Å². The summed E-state index contributed by atoms with van der Waals surface area (Å²) in [6.07, 6.45) is -1.39. The summed E-state index contributed by atoms with van der Waals surface area (Å²) in [6.45, 7) is -1.56. The van der Waals surface area contributed by atoms with Crippen LogP contribution in [0.15, 0.2) is 0 Å². The van der Waals surface area contributed by atoms with Crippen molar-refractivity contribution in [2.24, 2.45) is 0 Å². The van der Waals surface area contributed by atoms with Crippen LogP contribution in [0, 0.1) is 0 Å². The van der Waals surface area contributed by atoms with Crippen molar-refractivity contribution in [1.82, 2.24) is 0 Å². The van der Waals surface area contributed by atoms with E-state index in [1.807, 2.05) is 0 Å². The summed E-state index contributed by atoms with van der Waals surface area (Å²) >= 11 is 0. The molecule has 0 radical (unpaired) electrons. The Hall–Kier alpha value is -0.820. The van der Waals surface area contributed by atoms with Gasteiger partial charge in [-0.05, 0) is 0 Å². The first-order chi connectivity index (χ1) is 6.60. The molecule has 3 N–H and O–H groups in total. The lowest BCUT2D eigenvalue weighted by molar-refractivity contribution is -0.131. The molecular formula is C8H14O6. The number of Topliss-reactive ketones (excluding diaryl/α,β-unsaturated/α-hetero) is 2. The van der Waals surface area contributed by atoms with Crippen molar-refractivity contribution in [1.29, 1.82) is 0 Å². The molecule has 6 nitrogen and oxygen atoms in total. The molecule has 0 aliphatic rings. The molecular weight excluding hydrogens is 192 g/mol. The van der Waals surface area contributed by atoms with E-state index in [2.05, 4.69) is 0 Å². The summed E-state index contributed by atoms with van der Waals surface area (Å²) in [7, 11) is 0. The predicted octanol–water partition coefficient (Wildman–Crippen LogP) is -2.12. The van der Waals surface area contributed by atoms with E-state index in [-0.39, 0.29) is 19.6 Å². The Labute approximate surface area is 81.1 Å². The molecule has 0 aromatic rings. The maximum Gasteiger partial charge on any atom is 0.165 e. The van der Waals surface area contributed by atoms with Gasteiger partial charge < -0.3 is 20.1 Å². The number of hydrogen-bond donors (Lipinski definition) is 3. The van der Waals surface area contributed by atoms with Gasteiger partial charge in [0.05, 0.1) is 19.6 Å². The van der Waals surface area contributed by atoms with Gasteiger partial charge in [-0.15, -0.1) is 0 Å². The first-order valence-corrected chi connectivity index (χ1v) is 4.11. The summed E-state index contributed by atoms with van der Waals surface area (Å²) in [6, 6.07) is 0. The molecule has 0 spiro atoms. The average Bonchev–Trinajstić information content (AvgIpc) is 2.17. The molecule has 0 saturated carbocycles. The fourth-order valence-electron chi connectivity index (χ4n) is 0.688. The Morgan fingerprint density at radius 2 is 1.86 bits per heavy atom. The smallest absolute Gasteiger partial charge is 0.165 e. The van der Waals surface area contributed by atoms with Gasteiger partial charge in [0.25, 0.3) is 0 Å². The van der Waals surface area contributed by atoms with Crippen LogP contribution in [0.1, 0.15) is 6.42 Å². The number of ketones is 2. The molecule has 0 aromatic carbocycles. The molecule has 6 heteroatoms. The van der Waals surface area contributed by atoms with Gasteiger partial charge in [0.1, 0.15) is 19.3 Å². The quantitative estimate of drug-likeness (QED) is 0.392. The van der Waals surface area contributed by atoms with Gasteiger partial charge in [-0.25, -0.2) is 0 Å². The topological polar surface area (TPSA) is 104 Å². The zero-order valence-corrected chi connectivity index (χ0v) is 7.68. The van der Waals surface area contributed by atoms with Crippen molar-refractivity contribution in [3.63, 3.8) is 0 Å². The lowest BCUT2D eigenvalue weighted by atomic mass is 10.2. The molecule has 14 heavy (non-hydrogen) atoms. The Bertz CT molecular complexity index is 190. The van der Waals surface area contributed by atoms with E-state index in [0.717, 1.165) is 0 Å². The summed E-state index contributed by atoms with van der Waals surface area (Å²) in [5, 5.41) is 25.5. The van der Waals surface area contributed by atoms with E-state index < -0.39 is 30.9 Å². The Morgan fingerprint density at radius 1 is 1.21 bits per heavy atom. The standard InChI is InChI=1S/C8H14O6/c9-2-6(11)1-7(12)4-14-5-8(13)3-10/h8-10,13H,1-5H2. The van der Waals surface area contributed by atoms with Crippen LogP contribution in [0.5, 0.6) is 0 Å². The zero-order valence-electron chi connectivity index (χ0n) is 7.68. The van der Waals surface area contributed by atoms with Crippen LogP contribution in [0.3, 0.4) is 0 Å². The van der Waals surface area contributed by atoms with Gasteiger partial charge in [0.2, 0.25) is 0 Å². The van der Waals surface area contributed by atoms with E-state index in [9.17, 15) is 9.59 Å². The second-order valence-corrected chi connectivity index (χ2v) is 2.76.